The van der Waals surface area contributed by atoms with Gasteiger partial charge in [-0.2, -0.15) is 0 Å². The van der Waals surface area contributed by atoms with E-state index in [1.807, 2.05) is 24.3 Å². The summed E-state index contributed by atoms with van der Waals surface area (Å²) in [6, 6.07) is 11.2. The molecule has 0 saturated carbocycles. The third kappa shape index (κ3) is 3.64. The molecular formula is C16H13ClINO3. The van der Waals surface area contributed by atoms with Crippen molar-refractivity contribution in [2.24, 2.45) is 0 Å². The number of anilines is 1. The number of ether oxygens (including phenoxy) is 2. The normalized spacial score (nSPS) is 12.8. The number of fused-ring (bicyclic) bond motifs is 1. The third-order valence-electron chi connectivity index (χ3n) is 3.13. The fourth-order valence-corrected chi connectivity index (χ4v) is 3.05. The Labute approximate surface area is 146 Å². The Bertz CT molecular complexity index is 721. The quantitative estimate of drug-likeness (QED) is 0.753. The van der Waals surface area contributed by atoms with Gasteiger partial charge in [-0.1, -0.05) is 17.7 Å². The zero-order valence-corrected chi connectivity index (χ0v) is 14.5. The minimum atomic E-state index is -0.102. The van der Waals surface area contributed by atoms with E-state index in [1.165, 1.54) is 0 Å². The van der Waals surface area contributed by atoms with Gasteiger partial charge in [0, 0.05) is 9.26 Å². The van der Waals surface area contributed by atoms with Crippen LogP contribution in [-0.4, -0.2) is 19.1 Å². The van der Waals surface area contributed by atoms with Crippen LogP contribution in [0.2, 0.25) is 5.02 Å². The summed E-state index contributed by atoms with van der Waals surface area (Å²) in [7, 11) is 0. The number of amides is 1. The van der Waals surface area contributed by atoms with Crippen LogP contribution in [0.1, 0.15) is 5.56 Å². The molecule has 114 valence electrons. The molecule has 1 N–H and O–H groups in total. The first kappa shape index (κ1) is 15.4. The van der Waals surface area contributed by atoms with Crippen LogP contribution >= 0.6 is 34.2 Å². The molecule has 6 heteroatoms. The zero-order chi connectivity index (χ0) is 15.5. The molecule has 0 bridgehead atoms. The van der Waals surface area contributed by atoms with Gasteiger partial charge in [-0.15, -0.1) is 0 Å². The lowest BCUT2D eigenvalue weighted by Crippen LogP contribution is -2.17. The van der Waals surface area contributed by atoms with Crippen LogP contribution in [-0.2, 0) is 11.2 Å². The van der Waals surface area contributed by atoms with E-state index in [0.29, 0.717) is 29.7 Å². The lowest BCUT2D eigenvalue weighted by atomic mass is 10.1. The summed E-state index contributed by atoms with van der Waals surface area (Å²) in [5, 5.41) is 3.34. The lowest BCUT2D eigenvalue weighted by molar-refractivity contribution is -0.115. The maximum Gasteiger partial charge on any atom is 0.228 e. The molecule has 0 aromatic heterocycles. The number of benzene rings is 2. The molecule has 4 nitrogen and oxygen atoms in total. The molecule has 2 aromatic rings. The van der Waals surface area contributed by atoms with Crippen LogP contribution in [0.15, 0.2) is 36.4 Å². The van der Waals surface area contributed by atoms with E-state index in [2.05, 4.69) is 27.9 Å². The van der Waals surface area contributed by atoms with Crippen LogP contribution in [0, 0.1) is 3.57 Å². The summed E-state index contributed by atoms with van der Waals surface area (Å²) >= 11 is 8.38. The summed E-state index contributed by atoms with van der Waals surface area (Å²) in [6.07, 6.45) is 0.224. The molecule has 0 radical (unpaired) electrons. The highest BCUT2D eigenvalue weighted by molar-refractivity contribution is 14.1. The molecule has 22 heavy (non-hydrogen) atoms. The SMILES string of the molecule is O=C(Cc1cc(Cl)c2c(c1)OCCO2)Nc1cccc(I)c1. The predicted octanol–water partition coefficient (Wildman–Crippen LogP) is 3.90. The monoisotopic (exact) mass is 429 g/mol. The Kier molecular flexibility index (Phi) is 4.73. The van der Waals surface area contributed by atoms with Crippen molar-refractivity contribution in [1.82, 2.24) is 0 Å². The minimum Gasteiger partial charge on any atom is -0.486 e. The highest BCUT2D eigenvalue weighted by Crippen LogP contribution is 2.38. The van der Waals surface area contributed by atoms with Crippen LogP contribution in [0.4, 0.5) is 5.69 Å². The highest BCUT2D eigenvalue weighted by Gasteiger charge is 2.17. The summed E-state index contributed by atoms with van der Waals surface area (Å²) in [5.41, 5.74) is 1.57. The maximum absolute atomic E-state index is 12.1. The van der Waals surface area contributed by atoms with E-state index in [0.717, 1.165) is 14.8 Å². The molecule has 0 aliphatic carbocycles. The Morgan fingerprint density at radius 2 is 2.05 bits per heavy atom. The van der Waals surface area contributed by atoms with Gasteiger partial charge in [0.05, 0.1) is 11.4 Å². The maximum atomic E-state index is 12.1. The first-order chi connectivity index (χ1) is 10.6. The van der Waals surface area contributed by atoms with Gasteiger partial charge in [-0.05, 0) is 58.5 Å². The summed E-state index contributed by atoms with van der Waals surface area (Å²) in [6.45, 7) is 0.973. The number of hydrogen-bond acceptors (Lipinski definition) is 3. The lowest BCUT2D eigenvalue weighted by Gasteiger charge is -2.20. The van der Waals surface area contributed by atoms with Crippen LogP contribution in [0.5, 0.6) is 11.5 Å². The largest absolute Gasteiger partial charge is 0.486 e. The van der Waals surface area contributed by atoms with Crippen molar-refractivity contribution < 1.29 is 14.3 Å². The van der Waals surface area contributed by atoms with Gasteiger partial charge in [-0.25, -0.2) is 0 Å². The van der Waals surface area contributed by atoms with Crippen LogP contribution < -0.4 is 14.8 Å². The summed E-state index contributed by atoms with van der Waals surface area (Å²) in [4.78, 5) is 12.1. The van der Waals surface area contributed by atoms with E-state index in [-0.39, 0.29) is 12.3 Å². The Morgan fingerprint density at radius 3 is 2.86 bits per heavy atom. The number of carbonyl (C=O) groups is 1. The predicted molar refractivity (Wildman–Crippen MR) is 93.9 cm³/mol. The zero-order valence-electron chi connectivity index (χ0n) is 11.6. The van der Waals surface area contributed by atoms with Gasteiger partial charge in [0.25, 0.3) is 0 Å². The third-order valence-corrected chi connectivity index (χ3v) is 4.08. The molecule has 0 fully saturated rings. The molecule has 1 heterocycles. The molecule has 1 amide bonds. The number of rotatable bonds is 3. The molecular weight excluding hydrogens is 417 g/mol. The second kappa shape index (κ2) is 6.75. The van der Waals surface area contributed by atoms with E-state index in [1.54, 1.807) is 12.1 Å². The van der Waals surface area contributed by atoms with Gasteiger partial charge in [0.1, 0.15) is 13.2 Å². The van der Waals surface area contributed by atoms with E-state index >= 15 is 0 Å². The Hall–Kier alpha value is -1.47. The van der Waals surface area contributed by atoms with Gasteiger partial charge in [0.2, 0.25) is 5.91 Å². The fourth-order valence-electron chi connectivity index (χ4n) is 2.22. The average Bonchev–Trinajstić information content (AvgIpc) is 2.47. The standard InChI is InChI=1S/C16H13ClINO3/c17-13-6-10(7-14-16(13)22-5-4-21-14)8-15(20)19-12-3-1-2-11(18)9-12/h1-3,6-7,9H,4-5,8H2,(H,19,20). The second-order valence-corrected chi connectivity index (χ2v) is 6.49. The molecule has 0 spiro atoms. The Balaban J connectivity index is 1.73. The van der Waals surface area contributed by atoms with Gasteiger partial charge < -0.3 is 14.8 Å². The highest BCUT2D eigenvalue weighted by atomic mass is 127. The van der Waals surface area contributed by atoms with Crippen molar-refractivity contribution >= 4 is 45.8 Å². The molecule has 3 rings (SSSR count). The van der Waals surface area contributed by atoms with Crippen molar-refractivity contribution in [3.8, 4) is 11.5 Å². The first-order valence-electron chi connectivity index (χ1n) is 6.75. The van der Waals surface area contributed by atoms with Crippen LogP contribution in [0.25, 0.3) is 0 Å². The van der Waals surface area contributed by atoms with Crippen LogP contribution in [0.3, 0.4) is 0 Å². The molecule has 1 aliphatic rings. The first-order valence-corrected chi connectivity index (χ1v) is 8.21. The topological polar surface area (TPSA) is 47.6 Å². The smallest absolute Gasteiger partial charge is 0.228 e. The fraction of sp³-hybridized carbons (Fsp3) is 0.188. The van der Waals surface area contributed by atoms with Crippen molar-refractivity contribution in [1.29, 1.82) is 0 Å². The van der Waals surface area contributed by atoms with Crippen molar-refractivity contribution in [2.45, 2.75) is 6.42 Å². The van der Waals surface area contributed by atoms with E-state index in [4.69, 9.17) is 21.1 Å². The second-order valence-electron chi connectivity index (χ2n) is 4.84. The van der Waals surface area contributed by atoms with Crippen molar-refractivity contribution in [3.05, 3.63) is 50.6 Å². The van der Waals surface area contributed by atoms with Gasteiger partial charge >= 0.3 is 0 Å². The number of halogens is 2. The van der Waals surface area contributed by atoms with Gasteiger partial charge in [-0.3, -0.25) is 4.79 Å². The van der Waals surface area contributed by atoms with Crippen molar-refractivity contribution in [3.63, 3.8) is 0 Å². The average molecular weight is 430 g/mol. The Morgan fingerprint density at radius 1 is 1.23 bits per heavy atom. The molecule has 2 aromatic carbocycles. The molecule has 0 unspecified atom stereocenters. The summed E-state index contributed by atoms with van der Waals surface area (Å²) in [5.74, 6) is 1.04. The summed E-state index contributed by atoms with van der Waals surface area (Å²) < 4.78 is 12.1. The molecule has 1 aliphatic heterocycles. The van der Waals surface area contributed by atoms with Crippen molar-refractivity contribution in [2.75, 3.05) is 18.5 Å². The molecule has 0 atom stereocenters. The minimum absolute atomic E-state index is 0.102. The number of nitrogens with one attached hydrogen (secondary N) is 1. The van der Waals surface area contributed by atoms with Gasteiger partial charge in [0.15, 0.2) is 11.5 Å². The van der Waals surface area contributed by atoms with E-state index < -0.39 is 0 Å². The molecule has 0 saturated heterocycles. The number of hydrogen-bond donors (Lipinski definition) is 1. The van der Waals surface area contributed by atoms with E-state index in [9.17, 15) is 4.79 Å². The number of carbonyl (C=O) groups excluding carboxylic acids is 1.